The van der Waals surface area contributed by atoms with E-state index in [9.17, 15) is 23.1 Å². The summed E-state index contributed by atoms with van der Waals surface area (Å²) in [5.74, 6) is -1.09. The molecule has 35 heavy (non-hydrogen) atoms. The molecular formula is C25H21F3N4O3. The lowest BCUT2D eigenvalue weighted by Gasteiger charge is -2.16. The van der Waals surface area contributed by atoms with Gasteiger partial charge in [-0.2, -0.15) is 9.78 Å². The monoisotopic (exact) mass is 482 g/mol. The first-order chi connectivity index (χ1) is 16.7. The van der Waals surface area contributed by atoms with Gasteiger partial charge < -0.3 is 15.2 Å². The zero-order chi connectivity index (χ0) is 25.2. The normalized spacial score (nSPS) is 11.3. The Morgan fingerprint density at radius 1 is 1.11 bits per heavy atom. The number of pyridine rings is 1. The van der Waals surface area contributed by atoms with Crippen molar-refractivity contribution < 1.29 is 27.8 Å². The Morgan fingerprint density at radius 3 is 2.49 bits per heavy atom. The van der Waals surface area contributed by atoms with Crippen molar-refractivity contribution in [3.8, 4) is 22.7 Å². The summed E-state index contributed by atoms with van der Waals surface area (Å²) >= 11 is 0. The molecule has 0 spiro atoms. The number of carboxylic acid groups (broad SMARTS) is 1. The summed E-state index contributed by atoms with van der Waals surface area (Å²) in [5.41, 5.74) is 2.80. The van der Waals surface area contributed by atoms with Gasteiger partial charge in [0.25, 0.3) is 0 Å². The molecule has 2 heterocycles. The van der Waals surface area contributed by atoms with E-state index in [2.05, 4.69) is 15.0 Å². The Balaban J connectivity index is 1.92. The molecule has 0 aliphatic carbocycles. The van der Waals surface area contributed by atoms with Crippen LogP contribution in [0.15, 0.2) is 66.9 Å². The summed E-state index contributed by atoms with van der Waals surface area (Å²) in [6.07, 6.45) is -2.76. The maximum atomic E-state index is 12.7. The number of rotatable bonds is 7. The van der Waals surface area contributed by atoms with Gasteiger partial charge in [-0.25, -0.2) is 9.78 Å². The molecule has 2 N–H and O–H groups in total. The van der Waals surface area contributed by atoms with Crippen LogP contribution in [0.3, 0.4) is 0 Å². The highest BCUT2D eigenvalue weighted by atomic mass is 19.4. The Bertz CT molecular complexity index is 1370. The molecule has 0 atom stereocenters. The molecule has 0 saturated carbocycles. The highest BCUT2D eigenvalue weighted by Gasteiger charge is 2.32. The molecule has 2 aromatic carbocycles. The third-order valence-corrected chi connectivity index (χ3v) is 5.25. The Morgan fingerprint density at radius 2 is 1.86 bits per heavy atom. The summed E-state index contributed by atoms with van der Waals surface area (Å²) in [6.45, 7) is 3.81. The first-order valence-corrected chi connectivity index (χ1v) is 10.7. The molecule has 0 aliphatic heterocycles. The summed E-state index contributed by atoms with van der Waals surface area (Å²) in [6, 6.07) is 16.2. The Labute approximate surface area is 198 Å². The van der Waals surface area contributed by atoms with Gasteiger partial charge in [0.2, 0.25) is 0 Å². The van der Waals surface area contributed by atoms with Crippen LogP contribution in [0.2, 0.25) is 0 Å². The largest absolute Gasteiger partial charge is 0.573 e. The fraction of sp³-hybridized carbons (Fsp3) is 0.160. The molecule has 4 rings (SSSR count). The number of nitrogens with one attached hydrogen (secondary N) is 1. The van der Waals surface area contributed by atoms with Crippen LogP contribution in [-0.2, 0) is 6.42 Å². The average molecular weight is 482 g/mol. The highest BCUT2D eigenvalue weighted by molar-refractivity contribution is 5.96. The van der Waals surface area contributed by atoms with Crippen LogP contribution >= 0.6 is 0 Å². The molecule has 0 amide bonds. The number of carbonyl (C=O) groups is 1. The van der Waals surface area contributed by atoms with E-state index in [4.69, 9.17) is 5.10 Å². The van der Waals surface area contributed by atoms with Crippen LogP contribution in [-0.4, -0.2) is 32.2 Å². The summed E-state index contributed by atoms with van der Waals surface area (Å²) in [7, 11) is 0. The smallest absolute Gasteiger partial charge is 0.478 e. The second-order valence-electron chi connectivity index (χ2n) is 7.63. The fourth-order valence-electron chi connectivity index (χ4n) is 3.72. The van der Waals surface area contributed by atoms with Crippen molar-refractivity contribution >= 4 is 17.5 Å². The minimum Gasteiger partial charge on any atom is -0.478 e. The second-order valence-corrected chi connectivity index (χ2v) is 7.63. The van der Waals surface area contributed by atoms with E-state index in [1.54, 1.807) is 16.9 Å². The average Bonchev–Trinajstić information content (AvgIpc) is 3.17. The van der Waals surface area contributed by atoms with Gasteiger partial charge in [0, 0.05) is 11.8 Å². The molecule has 10 heteroatoms. The Hall–Kier alpha value is -4.34. The number of anilines is 2. The summed E-state index contributed by atoms with van der Waals surface area (Å²) in [5, 5.41) is 17.6. The van der Waals surface area contributed by atoms with Crippen LogP contribution in [0, 0.1) is 6.92 Å². The number of hydrogen-bond acceptors (Lipinski definition) is 5. The molecular weight excluding hydrogens is 461 g/mol. The topological polar surface area (TPSA) is 89.3 Å². The van der Waals surface area contributed by atoms with Gasteiger partial charge in [-0.15, -0.1) is 13.2 Å². The number of alkyl halides is 3. The predicted octanol–water partition coefficient (Wildman–Crippen LogP) is 6.15. The number of nitrogens with zero attached hydrogens (tertiary/aromatic N) is 3. The maximum Gasteiger partial charge on any atom is 0.573 e. The van der Waals surface area contributed by atoms with E-state index in [0.29, 0.717) is 18.1 Å². The third kappa shape index (κ3) is 5.11. The lowest BCUT2D eigenvalue weighted by atomic mass is 10.0. The van der Waals surface area contributed by atoms with Crippen molar-refractivity contribution in [3.05, 3.63) is 83.7 Å². The van der Waals surface area contributed by atoms with Crippen LogP contribution in [0.5, 0.6) is 5.75 Å². The van der Waals surface area contributed by atoms with Gasteiger partial charge in [0.05, 0.1) is 16.9 Å². The van der Waals surface area contributed by atoms with Crippen molar-refractivity contribution in [2.24, 2.45) is 0 Å². The Kier molecular flexibility index (Phi) is 6.46. The van der Waals surface area contributed by atoms with E-state index in [0.717, 1.165) is 34.5 Å². The number of aryl methyl sites for hydroxylation is 2. The number of aromatic nitrogens is 3. The first kappa shape index (κ1) is 23.8. The number of aromatic carboxylic acids is 1. The van der Waals surface area contributed by atoms with Gasteiger partial charge in [0.1, 0.15) is 11.6 Å². The van der Waals surface area contributed by atoms with E-state index in [1.807, 2.05) is 50.2 Å². The number of halogens is 3. The summed E-state index contributed by atoms with van der Waals surface area (Å²) < 4.78 is 43.5. The van der Waals surface area contributed by atoms with Gasteiger partial charge in [-0.05, 0) is 48.7 Å². The molecule has 2 aromatic heterocycles. The molecule has 7 nitrogen and oxygen atoms in total. The van der Waals surface area contributed by atoms with Crippen LogP contribution in [0.1, 0.15) is 28.5 Å². The molecule has 0 unspecified atom stereocenters. The predicted molar refractivity (Wildman–Crippen MR) is 124 cm³/mol. The highest BCUT2D eigenvalue weighted by Crippen LogP contribution is 2.37. The van der Waals surface area contributed by atoms with Crippen LogP contribution < -0.4 is 10.1 Å². The second kappa shape index (κ2) is 9.49. The van der Waals surface area contributed by atoms with E-state index < -0.39 is 23.6 Å². The van der Waals surface area contributed by atoms with Gasteiger partial charge in [-0.3, -0.25) is 0 Å². The lowest BCUT2D eigenvalue weighted by Crippen LogP contribution is -2.17. The molecule has 0 aliphatic rings. The standard InChI is InChI=1S/C25H21F3N4O3/c1-3-19-21(16-9-5-4-6-10-16)23(32(31-19)22-15(2)8-7-13-29-22)30-20-12-11-17(35-25(26,27)28)14-18(20)24(33)34/h4-14,30H,3H2,1-2H3,(H,33,34). The van der Waals surface area contributed by atoms with Crippen molar-refractivity contribution in [1.29, 1.82) is 0 Å². The van der Waals surface area contributed by atoms with E-state index >= 15 is 0 Å². The van der Waals surface area contributed by atoms with Gasteiger partial charge in [-0.1, -0.05) is 43.3 Å². The van der Waals surface area contributed by atoms with Crippen LogP contribution in [0.4, 0.5) is 24.7 Å². The quantitative estimate of drug-likeness (QED) is 0.329. The number of ether oxygens (including phenoxy) is 1. The SMILES string of the molecule is CCc1nn(-c2ncccc2C)c(Nc2ccc(OC(F)(F)F)cc2C(=O)O)c1-c1ccccc1. The third-order valence-electron chi connectivity index (χ3n) is 5.25. The number of benzene rings is 2. The van der Waals surface area contributed by atoms with Crippen molar-refractivity contribution in [2.45, 2.75) is 26.6 Å². The van der Waals surface area contributed by atoms with E-state index in [-0.39, 0.29) is 5.69 Å². The first-order valence-electron chi connectivity index (χ1n) is 10.7. The molecule has 0 bridgehead atoms. The fourth-order valence-corrected chi connectivity index (χ4v) is 3.72. The van der Waals surface area contributed by atoms with Crippen molar-refractivity contribution in [2.75, 3.05) is 5.32 Å². The lowest BCUT2D eigenvalue weighted by molar-refractivity contribution is -0.274. The maximum absolute atomic E-state index is 12.7. The number of carboxylic acids is 1. The minimum atomic E-state index is -4.95. The zero-order valence-electron chi connectivity index (χ0n) is 18.8. The summed E-state index contributed by atoms with van der Waals surface area (Å²) in [4.78, 5) is 16.4. The van der Waals surface area contributed by atoms with Crippen molar-refractivity contribution in [1.82, 2.24) is 14.8 Å². The minimum absolute atomic E-state index is 0.0709. The molecule has 180 valence electrons. The van der Waals surface area contributed by atoms with Crippen LogP contribution in [0.25, 0.3) is 16.9 Å². The number of hydrogen-bond donors (Lipinski definition) is 2. The zero-order valence-corrected chi connectivity index (χ0v) is 18.8. The molecule has 0 saturated heterocycles. The van der Waals surface area contributed by atoms with Crippen molar-refractivity contribution in [3.63, 3.8) is 0 Å². The molecule has 4 aromatic rings. The van der Waals surface area contributed by atoms with Gasteiger partial charge >= 0.3 is 12.3 Å². The van der Waals surface area contributed by atoms with E-state index in [1.165, 1.54) is 6.07 Å². The van der Waals surface area contributed by atoms with Gasteiger partial charge in [0.15, 0.2) is 5.82 Å². The molecule has 0 fully saturated rings. The molecule has 0 radical (unpaired) electrons.